The van der Waals surface area contributed by atoms with Crippen molar-refractivity contribution >= 4 is 30.0 Å². The number of aliphatic carboxylic acids is 1. The number of rotatable bonds is 9. The summed E-state index contributed by atoms with van der Waals surface area (Å²) in [6, 6.07) is 2.68. The Labute approximate surface area is 210 Å². The summed E-state index contributed by atoms with van der Waals surface area (Å²) in [5.41, 5.74) is 1.25. The summed E-state index contributed by atoms with van der Waals surface area (Å²) in [5.74, 6) is -2.21. The van der Waals surface area contributed by atoms with E-state index in [4.69, 9.17) is 9.84 Å². The van der Waals surface area contributed by atoms with Crippen molar-refractivity contribution in [2.75, 3.05) is 7.11 Å². The van der Waals surface area contributed by atoms with Crippen LogP contribution < -0.4 is 15.4 Å². The van der Waals surface area contributed by atoms with Gasteiger partial charge in [0.05, 0.1) is 19.6 Å². The Morgan fingerprint density at radius 1 is 1.19 bits per heavy atom. The number of carbonyl (C=O) groups is 5. The highest BCUT2D eigenvalue weighted by atomic mass is 16.5. The van der Waals surface area contributed by atoms with Gasteiger partial charge in [-0.25, -0.2) is 0 Å². The molecule has 1 aliphatic carbocycles. The molecule has 3 rings (SSSR count). The summed E-state index contributed by atoms with van der Waals surface area (Å²) < 4.78 is 5.31. The molecule has 0 radical (unpaired) electrons. The van der Waals surface area contributed by atoms with Crippen molar-refractivity contribution < 1.29 is 33.8 Å². The second-order valence-corrected chi connectivity index (χ2v) is 10.3. The molecule has 2 aliphatic rings. The van der Waals surface area contributed by atoms with Gasteiger partial charge in [-0.3, -0.25) is 19.2 Å². The number of amides is 3. The van der Waals surface area contributed by atoms with E-state index in [1.54, 1.807) is 25.1 Å². The lowest BCUT2D eigenvalue weighted by molar-refractivity contribution is -0.140. The second kappa shape index (κ2) is 10.5. The predicted molar refractivity (Wildman–Crippen MR) is 130 cm³/mol. The molecule has 3 atom stereocenters. The number of fused-ring (bicyclic) bond motifs is 2. The topological polar surface area (TPSA) is 142 Å². The van der Waals surface area contributed by atoms with Crippen LogP contribution in [0.5, 0.6) is 5.75 Å². The summed E-state index contributed by atoms with van der Waals surface area (Å²) in [5, 5.41) is 14.3. The van der Waals surface area contributed by atoms with Crippen molar-refractivity contribution in [2.45, 2.75) is 71.5 Å². The average molecular weight is 500 g/mol. The van der Waals surface area contributed by atoms with E-state index in [1.165, 1.54) is 12.0 Å². The molecule has 3 amide bonds. The third-order valence-electron chi connectivity index (χ3n) is 6.67. The quantitative estimate of drug-likeness (QED) is 0.441. The standard InChI is InChI=1S/C26H33N3O7/c1-14-18(7-6-8-19(14)36-5)23(33)28-22(26(2,3)4)25(35)29-17-10-9-15(11-17)21(29)24(34)27-16(13-30)12-20(31)32/h6-8,13,16-17,22H,9-12H2,1-5H3,(H,27,34)(H,28,33)(H,31,32). The molecule has 10 heteroatoms. The van der Waals surface area contributed by atoms with E-state index < -0.39 is 47.6 Å². The first-order chi connectivity index (χ1) is 16.9. The number of nitrogens with zero attached hydrogens (tertiary/aromatic N) is 1. The number of hydrogen-bond donors (Lipinski definition) is 3. The molecular formula is C26H33N3O7. The lowest BCUT2D eigenvalue weighted by Crippen LogP contribution is -2.57. The number of ether oxygens (including phenoxy) is 1. The minimum absolute atomic E-state index is 0.148. The van der Waals surface area contributed by atoms with Gasteiger partial charge in [0, 0.05) is 17.2 Å². The summed E-state index contributed by atoms with van der Waals surface area (Å²) in [4.78, 5) is 64.0. The highest BCUT2D eigenvalue weighted by Gasteiger charge is 2.47. The normalized spacial score (nSPS) is 18.5. The van der Waals surface area contributed by atoms with Crippen LogP contribution in [0.4, 0.5) is 0 Å². The van der Waals surface area contributed by atoms with Crippen LogP contribution in [0.3, 0.4) is 0 Å². The van der Waals surface area contributed by atoms with Gasteiger partial charge < -0.3 is 30.2 Å². The Hall–Kier alpha value is -3.69. The number of nitrogens with one attached hydrogen (secondary N) is 2. The van der Waals surface area contributed by atoms with Gasteiger partial charge in [0.1, 0.15) is 23.8 Å². The van der Waals surface area contributed by atoms with Crippen molar-refractivity contribution in [3.05, 3.63) is 40.6 Å². The number of aldehydes is 1. The number of benzene rings is 1. The first kappa shape index (κ1) is 26.9. The van der Waals surface area contributed by atoms with Crippen molar-refractivity contribution in [1.29, 1.82) is 0 Å². The van der Waals surface area contributed by atoms with E-state index in [-0.39, 0.29) is 11.7 Å². The van der Waals surface area contributed by atoms with Crippen LogP contribution in [0, 0.1) is 12.3 Å². The van der Waals surface area contributed by atoms with E-state index >= 15 is 0 Å². The number of methoxy groups -OCH3 is 1. The maximum Gasteiger partial charge on any atom is 0.305 e. The maximum absolute atomic E-state index is 13.9. The van der Waals surface area contributed by atoms with Crippen LogP contribution in [-0.2, 0) is 19.2 Å². The summed E-state index contributed by atoms with van der Waals surface area (Å²) in [6.07, 6.45) is 1.65. The van der Waals surface area contributed by atoms with E-state index in [2.05, 4.69) is 10.6 Å². The molecule has 2 bridgehead atoms. The maximum atomic E-state index is 13.9. The first-order valence-corrected chi connectivity index (χ1v) is 11.9. The Bertz CT molecular complexity index is 1120. The molecule has 0 saturated heterocycles. The van der Waals surface area contributed by atoms with Gasteiger partial charge in [-0.05, 0) is 49.3 Å². The summed E-state index contributed by atoms with van der Waals surface area (Å²) >= 11 is 0. The van der Waals surface area contributed by atoms with E-state index in [0.717, 1.165) is 5.57 Å². The monoisotopic (exact) mass is 499 g/mol. The zero-order valence-corrected chi connectivity index (χ0v) is 21.2. The van der Waals surface area contributed by atoms with Crippen molar-refractivity contribution in [3.63, 3.8) is 0 Å². The molecular weight excluding hydrogens is 466 g/mol. The highest BCUT2D eigenvalue weighted by Crippen LogP contribution is 2.42. The van der Waals surface area contributed by atoms with Crippen LogP contribution in [0.1, 0.15) is 62.4 Å². The minimum atomic E-state index is -1.23. The minimum Gasteiger partial charge on any atom is -0.496 e. The Morgan fingerprint density at radius 2 is 1.89 bits per heavy atom. The molecule has 3 N–H and O–H groups in total. The molecule has 1 aromatic rings. The fourth-order valence-corrected chi connectivity index (χ4v) is 4.81. The highest BCUT2D eigenvalue weighted by molar-refractivity contribution is 6.04. The lowest BCUT2D eigenvalue weighted by atomic mass is 9.85. The van der Waals surface area contributed by atoms with Crippen LogP contribution in [-0.4, -0.2) is 65.2 Å². The smallest absolute Gasteiger partial charge is 0.305 e. The Balaban J connectivity index is 1.89. The molecule has 1 fully saturated rings. The van der Waals surface area contributed by atoms with Crippen molar-refractivity contribution in [3.8, 4) is 5.75 Å². The molecule has 36 heavy (non-hydrogen) atoms. The van der Waals surface area contributed by atoms with Gasteiger partial charge in [0.25, 0.3) is 17.7 Å². The SMILES string of the molecule is COc1cccc(C(=O)NC(C(=O)N2C(C(=O)NC(C=O)CC(=O)O)=C3CCC2C3)C(C)(C)C)c1C. The molecule has 0 aromatic heterocycles. The van der Waals surface area contributed by atoms with Gasteiger partial charge in [-0.1, -0.05) is 26.8 Å². The number of carbonyl (C=O) groups excluding carboxylic acids is 4. The molecule has 1 saturated carbocycles. The molecule has 0 spiro atoms. The zero-order chi connectivity index (χ0) is 26.8. The van der Waals surface area contributed by atoms with Gasteiger partial charge in [-0.15, -0.1) is 0 Å². The van der Waals surface area contributed by atoms with Crippen LogP contribution in [0.15, 0.2) is 29.5 Å². The van der Waals surface area contributed by atoms with Gasteiger partial charge >= 0.3 is 5.97 Å². The van der Waals surface area contributed by atoms with Crippen molar-refractivity contribution in [2.24, 2.45) is 5.41 Å². The van der Waals surface area contributed by atoms with E-state index in [0.29, 0.717) is 42.4 Å². The third kappa shape index (κ3) is 5.42. The van der Waals surface area contributed by atoms with Crippen molar-refractivity contribution in [1.82, 2.24) is 15.5 Å². The van der Waals surface area contributed by atoms with E-state index in [1.807, 2.05) is 20.8 Å². The van der Waals surface area contributed by atoms with Crippen LogP contribution in [0.25, 0.3) is 0 Å². The molecule has 1 aliphatic heterocycles. The largest absolute Gasteiger partial charge is 0.496 e. The molecule has 3 unspecified atom stereocenters. The summed E-state index contributed by atoms with van der Waals surface area (Å²) in [6.45, 7) is 7.23. The fraction of sp³-hybridized carbons (Fsp3) is 0.500. The number of carboxylic acids is 1. The first-order valence-electron chi connectivity index (χ1n) is 11.9. The Morgan fingerprint density at radius 3 is 2.47 bits per heavy atom. The van der Waals surface area contributed by atoms with E-state index in [9.17, 15) is 24.0 Å². The lowest BCUT2D eigenvalue weighted by Gasteiger charge is -2.37. The zero-order valence-electron chi connectivity index (χ0n) is 21.2. The summed E-state index contributed by atoms with van der Waals surface area (Å²) in [7, 11) is 1.51. The fourth-order valence-electron chi connectivity index (χ4n) is 4.81. The number of carboxylic acid groups (broad SMARTS) is 1. The number of hydrogen-bond acceptors (Lipinski definition) is 6. The molecule has 194 valence electrons. The molecule has 1 aromatic carbocycles. The predicted octanol–water partition coefficient (Wildman–Crippen LogP) is 1.96. The van der Waals surface area contributed by atoms with Gasteiger partial charge in [0.2, 0.25) is 0 Å². The molecule has 10 nitrogen and oxygen atoms in total. The van der Waals surface area contributed by atoms with Crippen LogP contribution in [0.2, 0.25) is 0 Å². The van der Waals surface area contributed by atoms with Crippen LogP contribution >= 0.6 is 0 Å². The molecule has 1 heterocycles. The second-order valence-electron chi connectivity index (χ2n) is 10.3. The average Bonchev–Trinajstić information content (AvgIpc) is 3.42. The van der Waals surface area contributed by atoms with Gasteiger partial charge in [0.15, 0.2) is 0 Å². The van der Waals surface area contributed by atoms with Gasteiger partial charge in [-0.2, -0.15) is 0 Å². The Kier molecular flexibility index (Phi) is 7.86. The third-order valence-corrected chi connectivity index (χ3v) is 6.67.